The molecule has 0 aliphatic heterocycles. The molecular formula is C15H21N3O. The molecule has 19 heavy (non-hydrogen) atoms. The van der Waals surface area contributed by atoms with Gasteiger partial charge < -0.3 is 15.6 Å². The van der Waals surface area contributed by atoms with Crippen molar-refractivity contribution in [2.75, 3.05) is 12.3 Å². The summed E-state index contributed by atoms with van der Waals surface area (Å²) < 4.78 is 0. The first-order valence-electron chi connectivity index (χ1n) is 6.76. The fourth-order valence-electron chi connectivity index (χ4n) is 2.35. The highest BCUT2D eigenvalue weighted by Crippen LogP contribution is 2.23. The molecule has 2 aromatic rings. The maximum absolute atomic E-state index is 12.6. The molecule has 2 rings (SSSR count). The van der Waals surface area contributed by atoms with Crippen LogP contribution in [0.1, 0.15) is 37.6 Å². The van der Waals surface area contributed by atoms with Crippen LogP contribution < -0.4 is 5.73 Å². The predicted octanol–water partition coefficient (Wildman–Crippen LogP) is 3.01. The third kappa shape index (κ3) is 2.43. The molecule has 3 N–H and O–H groups in total. The summed E-state index contributed by atoms with van der Waals surface area (Å²) in [6.45, 7) is 6.88. The minimum atomic E-state index is 0.0636. The van der Waals surface area contributed by atoms with E-state index in [2.05, 4.69) is 18.8 Å². The van der Waals surface area contributed by atoms with E-state index in [-0.39, 0.29) is 11.9 Å². The van der Waals surface area contributed by atoms with Crippen molar-refractivity contribution in [2.24, 2.45) is 0 Å². The van der Waals surface area contributed by atoms with Gasteiger partial charge in [0.15, 0.2) is 0 Å². The SMILES string of the molecule is CCC(C)N(CC)C(=O)c1c[nH]c2ccc(N)cc12. The van der Waals surface area contributed by atoms with Gasteiger partial charge in [-0.05, 0) is 38.5 Å². The van der Waals surface area contributed by atoms with Gasteiger partial charge in [0.2, 0.25) is 0 Å². The first-order chi connectivity index (χ1) is 9.08. The van der Waals surface area contributed by atoms with E-state index in [1.165, 1.54) is 0 Å². The Kier molecular flexibility index (Phi) is 3.79. The number of nitrogens with one attached hydrogen (secondary N) is 1. The van der Waals surface area contributed by atoms with Gasteiger partial charge in [-0.1, -0.05) is 6.92 Å². The molecule has 4 heteroatoms. The highest BCUT2D eigenvalue weighted by Gasteiger charge is 2.21. The second kappa shape index (κ2) is 5.34. The number of aromatic nitrogens is 1. The van der Waals surface area contributed by atoms with E-state index in [0.717, 1.165) is 17.3 Å². The topological polar surface area (TPSA) is 62.1 Å². The van der Waals surface area contributed by atoms with Crippen LogP contribution in [-0.2, 0) is 0 Å². The summed E-state index contributed by atoms with van der Waals surface area (Å²) in [5.74, 6) is 0.0636. The van der Waals surface area contributed by atoms with Gasteiger partial charge in [0.1, 0.15) is 0 Å². The van der Waals surface area contributed by atoms with Crippen LogP contribution in [0.15, 0.2) is 24.4 Å². The van der Waals surface area contributed by atoms with Gasteiger partial charge in [0.25, 0.3) is 5.91 Å². The Morgan fingerprint density at radius 1 is 1.42 bits per heavy atom. The van der Waals surface area contributed by atoms with Crippen molar-refractivity contribution in [3.63, 3.8) is 0 Å². The van der Waals surface area contributed by atoms with Gasteiger partial charge in [-0.15, -0.1) is 0 Å². The third-order valence-corrected chi connectivity index (χ3v) is 3.66. The van der Waals surface area contributed by atoms with Crippen LogP contribution in [-0.4, -0.2) is 28.4 Å². The van der Waals surface area contributed by atoms with Gasteiger partial charge in [-0.25, -0.2) is 0 Å². The number of fused-ring (bicyclic) bond motifs is 1. The van der Waals surface area contributed by atoms with Gasteiger partial charge >= 0.3 is 0 Å². The Balaban J connectivity index is 2.43. The normalized spacial score (nSPS) is 12.6. The predicted molar refractivity (Wildman–Crippen MR) is 79.2 cm³/mol. The zero-order valence-electron chi connectivity index (χ0n) is 11.7. The van der Waals surface area contributed by atoms with E-state index in [9.17, 15) is 4.79 Å². The average Bonchev–Trinajstić information content (AvgIpc) is 2.81. The first-order valence-corrected chi connectivity index (χ1v) is 6.76. The number of aromatic amines is 1. The Morgan fingerprint density at radius 3 is 2.79 bits per heavy atom. The largest absolute Gasteiger partial charge is 0.399 e. The maximum atomic E-state index is 12.6. The maximum Gasteiger partial charge on any atom is 0.256 e. The fourth-order valence-corrected chi connectivity index (χ4v) is 2.35. The van der Waals surface area contributed by atoms with Crippen molar-refractivity contribution < 1.29 is 4.79 Å². The lowest BCUT2D eigenvalue weighted by Gasteiger charge is -2.27. The van der Waals surface area contributed by atoms with Crippen LogP contribution in [0.25, 0.3) is 10.9 Å². The number of hydrogen-bond acceptors (Lipinski definition) is 2. The molecule has 0 saturated heterocycles. The second-order valence-electron chi connectivity index (χ2n) is 4.86. The molecule has 0 fully saturated rings. The number of H-pyrrole nitrogens is 1. The third-order valence-electron chi connectivity index (χ3n) is 3.66. The van der Waals surface area contributed by atoms with Crippen LogP contribution >= 0.6 is 0 Å². The fraction of sp³-hybridized carbons (Fsp3) is 0.400. The zero-order valence-corrected chi connectivity index (χ0v) is 11.7. The number of rotatable bonds is 4. The molecular weight excluding hydrogens is 238 g/mol. The molecule has 1 amide bonds. The molecule has 0 spiro atoms. The van der Waals surface area contributed by atoms with Crippen molar-refractivity contribution in [2.45, 2.75) is 33.2 Å². The van der Waals surface area contributed by atoms with Crippen LogP contribution in [0.5, 0.6) is 0 Å². The number of benzene rings is 1. The van der Waals surface area contributed by atoms with E-state index in [4.69, 9.17) is 5.73 Å². The minimum absolute atomic E-state index is 0.0636. The summed E-state index contributed by atoms with van der Waals surface area (Å²) in [7, 11) is 0. The first kappa shape index (κ1) is 13.5. The lowest BCUT2D eigenvalue weighted by molar-refractivity contribution is 0.0702. The van der Waals surface area contributed by atoms with Crippen LogP contribution in [0.4, 0.5) is 5.69 Å². The summed E-state index contributed by atoms with van der Waals surface area (Å²) in [5, 5.41) is 0.895. The molecule has 102 valence electrons. The van der Waals surface area contributed by atoms with Crippen LogP contribution in [0.3, 0.4) is 0 Å². The number of carbonyl (C=O) groups excluding carboxylic acids is 1. The van der Waals surface area contributed by atoms with Gasteiger partial charge in [0.05, 0.1) is 5.56 Å². The van der Waals surface area contributed by atoms with E-state index in [1.54, 1.807) is 6.20 Å². The van der Waals surface area contributed by atoms with Crippen LogP contribution in [0.2, 0.25) is 0 Å². The lowest BCUT2D eigenvalue weighted by Crippen LogP contribution is -2.38. The number of nitrogens with two attached hydrogens (primary N) is 1. The standard InChI is InChI=1S/C15H21N3O/c1-4-10(3)18(5-2)15(19)13-9-17-14-7-6-11(16)8-12(13)14/h6-10,17H,4-5,16H2,1-3H3. The van der Waals surface area contributed by atoms with Crippen LogP contribution in [0, 0.1) is 0 Å². The second-order valence-corrected chi connectivity index (χ2v) is 4.86. The van der Waals surface area contributed by atoms with Crippen molar-refractivity contribution in [3.8, 4) is 0 Å². The van der Waals surface area contributed by atoms with E-state index in [1.807, 2.05) is 30.0 Å². The number of hydrogen-bond donors (Lipinski definition) is 2. The molecule has 0 aliphatic carbocycles. The summed E-state index contributed by atoms with van der Waals surface area (Å²) >= 11 is 0. The minimum Gasteiger partial charge on any atom is -0.399 e. The molecule has 1 aromatic carbocycles. The molecule has 0 aliphatic rings. The molecule has 1 atom stereocenters. The Labute approximate surface area is 113 Å². The monoisotopic (exact) mass is 259 g/mol. The molecule has 1 aromatic heterocycles. The summed E-state index contributed by atoms with van der Waals surface area (Å²) in [6, 6.07) is 5.83. The highest BCUT2D eigenvalue weighted by atomic mass is 16.2. The molecule has 1 heterocycles. The molecule has 0 saturated carbocycles. The molecule has 0 radical (unpaired) electrons. The summed E-state index contributed by atoms with van der Waals surface area (Å²) in [4.78, 5) is 17.7. The summed E-state index contributed by atoms with van der Waals surface area (Å²) in [5.41, 5.74) is 8.12. The number of carbonyl (C=O) groups is 1. The van der Waals surface area contributed by atoms with Crippen molar-refractivity contribution >= 4 is 22.5 Å². The van der Waals surface area contributed by atoms with Crippen molar-refractivity contribution in [1.82, 2.24) is 9.88 Å². The quantitative estimate of drug-likeness (QED) is 0.829. The highest BCUT2D eigenvalue weighted by molar-refractivity contribution is 6.07. The number of amides is 1. The molecule has 1 unspecified atom stereocenters. The molecule has 0 bridgehead atoms. The summed E-state index contributed by atoms with van der Waals surface area (Å²) in [6.07, 6.45) is 2.72. The average molecular weight is 259 g/mol. The lowest BCUT2D eigenvalue weighted by atomic mass is 10.1. The number of nitrogens with zero attached hydrogens (tertiary/aromatic N) is 1. The Bertz CT molecular complexity index is 588. The van der Waals surface area contributed by atoms with Gasteiger partial charge in [0, 0.05) is 35.4 Å². The van der Waals surface area contributed by atoms with Crippen molar-refractivity contribution in [1.29, 1.82) is 0 Å². The Morgan fingerprint density at radius 2 is 2.16 bits per heavy atom. The van der Waals surface area contributed by atoms with Gasteiger partial charge in [-0.3, -0.25) is 4.79 Å². The van der Waals surface area contributed by atoms with Gasteiger partial charge in [-0.2, -0.15) is 0 Å². The van der Waals surface area contributed by atoms with Crippen molar-refractivity contribution in [3.05, 3.63) is 30.0 Å². The number of anilines is 1. The van der Waals surface area contributed by atoms with E-state index < -0.39 is 0 Å². The number of nitrogen functional groups attached to an aromatic ring is 1. The smallest absolute Gasteiger partial charge is 0.256 e. The van der Waals surface area contributed by atoms with E-state index >= 15 is 0 Å². The zero-order chi connectivity index (χ0) is 14.0. The Hall–Kier alpha value is -1.97. The van der Waals surface area contributed by atoms with E-state index in [0.29, 0.717) is 17.8 Å². The molecule has 4 nitrogen and oxygen atoms in total.